The van der Waals surface area contributed by atoms with E-state index in [-0.39, 0.29) is 23.8 Å². The summed E-state index contributed by atoms with van der Waals surface area (Å²) in [6.45, 7) is 8.08. The molecule has 8 nitrogen and oxygen atoms in total. The molecule has 1 aromatic heterocycles. The Morgan fingerprint density at radius 2 is 1.90 bits per heavy atom. The SMILES string of the molecule is Cc1nnc(-c2cccc(NC(=O)C3CCN(C(=O)[C@H](C)N4CCOCC4)CC3)c2)s1. The van der Waals surface area contributed by atoms with Crippen molar-refractivity contribution in [3.05, 3.63) is 29.3 Å². The summed E-state index contributed by atoms with van der Waals surface area (Å²) in [5.74, 6) is 0.0786. The molecule has 1 N–H and O–H groups in total. The van der Waals surface area contributed by atoms with Crippen molar-refractivity contribution in [1.82, 2.24) is 20.0 Å². The number of morpholine rings is 1. The van der Waals surface area contributed by atoms with E-state index >= 15 is 0 Å². The normalized spacial score (nSPS) is 19.2. The first-order valence-electron chi connectivity index (χ1n) is 10.8. The number of carbonyl (C=O) groups is 2. The molecule has 1 aromatic carbocycles. The highest BCUT2D eigenvalue weighted by Gasteiger charge is 2.32. The van der Waals surface area contributed by atoms with Crippen LogP contribution in [0.5, 0.6) is 0 Å². The van der Waals surface area contributed by atoms with Gasteiger partial charge in [0.1, 0.15) is 10.0 Å². The first kappa shape index (κ1) is 21.9. The van der Waals surface area contributed by atoms with Crippen molar-refractivity contribution in [3.8, 4) is 10.6 Å². The monoisotopic (exact) mass is 443 g/mol. The van der Waals surface area contributed by atoms with Gasteiger partial charge in [-0.1, -0.05) is 23.5 Å². The van der Waals surface area contributed by atoms with Gasteiger partial charge >= 0.3 is 0 Å². The molecule has 2 aliphatic heterocycles. The lowest BCUT2D eigenvalue weighted by Gasteiger charge is -2.37. The van der Waals surface area contributed by atoms with Gasteiger partial charge < -0.3 is 15.0 Å². The van der Waals surface area contributed by atoms with Crippen LogP contribution in [0, 0.1) is 12.8 Å². The van der Waals surface area contributed by atoms with Gasteiger partial charge in [-0.3, -0.25) is 14.5 Å². The Labute approximate surface area is 186 Å². The molecular formula is C22H29N5O3S. The Balaban J connectivity index is 1.30. The summed E-state index contributed by atoms with van der Waals surface area (Å²) in [7, 11) is 0. The first-order valence-corrected chi connectivity index (χ1v) is 11.6. The molecule has 2 saturated heterocycles. The van der Waals surface area contributed by atoms with Gasteiger partial charge in [-0.05, 0) is 38.8 Å². The smallest absolute Gasteiger partial charge is 0.239 e. The molecule has 0 radical (unpaired) electrons. The first-order chi connectivity index (χ1) is 15.0. The van der Waals surface area contributed by atoms with Crippen LogP contribution in [0.25, 0.3) is 10.6 Å². The maximum Gasteiger partial charge on any atom is 0.239 e. The molecule has 31 heavy (non-hydrogen) atoms. The number of nitrogens with one attached hydrogen (secondary N) is 1. The Bertz CT molecular complexity index is 919. The number of aromatic nitrogens is 2. The lowest BCUT2D eigenvalue weighted by molar-refractivity contribution is -0.140. The zero-order chi connectivity index (χ0) is 21.8. The summed E-state index contributed by atoms with van der Waals surface area (Å²) >= 11 is 1.53. The highest BCUT2D eigenvalue weighted by molar-refractivity contribution is 7.14. The molecule has 2 fully saturated rings. The second-order valence-electron chi connectivity index (χ2n) is 8.12. The van der Waals surface area contributed by atoms with Gasteiger partial charge in [0.25, 0.3) is 0 Å². The van der Waals surface area contributed by atoms with Crippen molar-refractivity contribution < 1.29 is 14.3 Å². The number of ether oxygens (including phenoxy) is 1. The third-order valence-electron chi connectivity index (χ3n) is 6.03. The van der Waals surface area contributed by atoms with Crippen molar-refractivity contribution in [2.45, 2.75) is 32.7 Å². The van der Waals surface area contributed by atoms with Gasteiger partial charge in [0, 0.05) is 43.3 Å². The molecule has 3 heterocycles. The quantitative estimate of drug-likeness (QED) is 0.764. The van der Waals surface area contributed by atoms with Crippen LogP contribution in [0.3, 0.4) is 0 Å². The highest BCUT2D eigenvalue weighted by Crippen LogP contribution is 2.26. The lowest BCUT2D eigenvalue weighted by Crippen LogP contribution is -2.52. The molecule has 0 unspecified atom stereocenters. The average molecular weight is 444 g/mol. The highest BCUT2D eigenvalue weighted by atomic mass is 32.1. The van der Waals surface area contributed by atoms with Crippen LogP contribution in [0.4, 0.5) is 5.69 Å². The molecule has 2 amide bonds. The third-order valence-corrected chi connectivity index (χ3v) is 6.92. The van der Waals surface area contributed by atoms with Crippen LogP contribution in [-0.4, -0.2) is 77.2 Å². The summed E-state index contributed by atoms with van der Waals surface area (Å²) in [6, 6.07) is 7.56. The minimum Gasteiger partial charge on any atom is -0.379 e. The summed E-state index contributed by atoms with van der Waals surface area (Å²) in [5.41, 5.74) is 1.70. The van der Waals surface area contributed by atoms with Gasteiger partial charge in [0.15, 0.2) is 0 Å². The van der Waals surface area contributed by atoms with Gasteiger partial charge in [0.2, 0.25) is 11.8 Å². The number of anilines is 1. The number of piperidine rings is 1. The summed E-state index contributed by atoms with van der Waals surface area (Å²) < 4.78 is 5.38. The molecular weight excluding hydrogens is 414 g/mol. The number of benzene rings is 1. The molecule has 2 aromatic rings. The van der Waals surface area contributed by atoms with E-state index in [0.717, 1.165) is 34.4 Å². The van der Waals surface area contributed by atoms with E-state index in [1.807, 2.05) is 43.0 Å². The zero-order valence-corrected chi connectivity index (χ0v) is 18.9. The van der Waals surface area contributed by atoms with Crippen LogP contribution in [0.1, 0.15) is 24.8 Å². The van der Waals surface area contributed by atoms with Crippen molar-refractivity contribution in [2.75, 3.05) is 44.7 Å². The number of hydrogen-bond donors (Lipinski definition) is 1. The summed E-state index contributed by atoms with van der Waals surface area (Å²) in [5, 5.41) is 13.0. The molecule has 0 bridgehead atoms. The molecule has 2 aliphatic rings. The fourth-order valence-corrected chi connectivity index (χ4v) is 4.82. The van der Waals surface area contributed by atoms with Gasteiger partial charge in [-0.2, -0.15) is 0 Å². The van der Waals surface area contributed by atoms with Crippen LogP contribution in [0.2, 0.25) is 0 Å². The van der Waals surface area contributed by atoms with E-state index in [1.54, 1.807) is 0 Å². The number of nitrogens with zero attached hydrogens (tertiary/aromatic N) is 4. The van der Waals surface area contributed by atoms with E-state index in [1.165, 1.54) is 11.3 Å². The minimum absolute atomic E-state index is 0.0129. The standard InChI is InChI=1S/C22H29N5O3S/c1-15(26-10-12-30-13-11-26)22(29)27-8-6-17(7-9-27)20(28)23-19-5-3-4-18(14-19)21-25-24-16(2)31-21/h3-5,14-15,17H,6-13H2,1-2H3,(H,23,28)/t15-/m0/s1. The molecule has 1 atom stereocenters. The summed E-state index contributed by atoms with van der Waals surface area (Å²) in [6.07, 6.45) is 1.37. The van der Waals surface area contributed by atoms with Crippen molar-refractivity contribution in [1.29, 1.82) is 0 Å². The van der Waals surface area contributed by atoms with Gasteiger partial charge in [0.05, 0.1) is 19.3 Å². The Morgan fingerprint density at radius 1 is 1.16 bits per heavy atom. The molecule has 0 aliphatic carbocycles. The number of rotatable bonds is 5. The maximum absolute atomic E-state index is 12.9. The van der Waals surface area contributed by atoms with Crippen molar-refractivity contribution in [2.24, 2.45) is 5.92 Å². The van der Waals surface area contributed by atoms with E-state index in [9.17, 15) is 9.59 Å². The predicted octanol–water partition coefficient (Wildman–Crippen LogP) is 2.41. The van der Waals surface area contributed by atoms with Crippen LogP contribution >= 0.6 is 11.3 Å². The average Bonchev–Trinajstić information content (AvgIpc) is 3.25. The van der Waals surface area contributed by atoms with Crippen LogP contribution in [0.15, 0.2) is 24.3 Å². The molecule has 0 spiro atoms. The maximum atomic E-state index is 12.9. The second kappa shape index (κ2) is 9.84. The third kappa shape index (κ3) is 5.28. The fourth-order valence-electron chi connectivity index (χ4n) is 4.13. The predicted molar refractivity (Wildman–Crippen MR) is 120 cm³/mol. The molecule has 4 rings (SSSR count). The Hall–Kier alpha value is -2.36. The van der Waals surface area contributed by atoms with E-state index < -0.39 is 0 Å². The Morgan fingerprint density at radius 3 is 2.58 bits per heavy atom. The van der Waals surface area contributed by atoms with E-state index in [0.29, 0.717) is 39.1 Å². The van der Waals surface area contributed by atoms with Crippen LogP contribution in [-0.2, 0) is 14.3 Å². The molecule has 9 heteroatoms. The van der Waals surface area contributed by atoms with E-state index in [2.05, 4.69) is 20.4 Å². The largest absolute Gasteiger partial charge is 0.379 e. The Kier molecular flexibility index (Phi) is 6.94. The van der Waals surface area contributed by atoms with Gasteiger partial charge in [-0.15, -0.1) is 10.2 Å². The summed E-state index contributed by atoms with van der Waals surface area (Å²) in [4.78, 5) is 29.8. The molecule has 0 saturated carbocycles. The number of likely N-dealkylation sites (tertiary alicyclic amines) is 1. The topological polar surface area (TPSA) is 87.7 Å². The number of aryl methyl sites for hydroxylation is 1. The van der Waals surface area contributed by atoms with Crippen LogP contribution < -0.4 is 5.32 Å². The number of amides is 2. The number of carbonyl (C=O) groups excluding carboxylic acids is 2. The van der Waals surface area contributed by atoms with Crippen molar-refractivity contribution >= 4 is 28.8 Å². The van der Waals surface area contributed by atoms with Crippen molar-refractivity contribution in [3.63, 3.8) is 0 Å². The second-order valence-corrected chi connectivity index (χ2v) is 9.30. The molecule has 166 valence electrons. The zero-order valence-electron chi connectivity index (χ0n) is 18.0. The number of hydrogen-bond acceptors (Lipinski definition) is 7. The lowest BCUT2D eigenvalue weighted by atomic mass is 9.95. The van der Waals surface area contributed by atoms with E-state index in [4.69, 9.17) is 4.74 Å². The fraction of sp³-hybridized carbons (Fsp3) is 0.545. The van der Waals surface area contributed by atoms with Gasteiger partial charge in [-0.25, -0.2) is 0 Å². The minimum atomic E-state index is -0.138.